The van der Waals surface area contributed by atoms with Gasteiger partial charge in [-0.2, -0.15) is 0 Å². The Balaban J connectivity index is 1.99. The van der Waals surface area contributed by atoms with Crippen LogP contribution in [0.15, 0.2) is 34.9 Å². The molecule has 1 aromatic heterocycles. The van der Waals surface area contributed by atoms with Gasteiger partial charge in [-0.15, -0.1) is 0 Å². The molecule has 1 amide bonds. The molecule has 0 spiro atoms. The molecular weight excluding hydrogens is 307 g/mol. The highest BCUT2D eigenvalue weighted by molar-refractivity contribution is 5.84. The average Bonchev–Trinajstić information content (AvgIpc) is 2.95. The van der Waals surface area contributed by atoms with Crippen molar-refractivity contribution in [2.45, 2.75) is 12.5 Å². The fourth-order valence-electron chi connectivity index (χ4n) is 1.86. The van der Waals surface area contributed by atoms with E-state index in [1.165, 1.54) is 37.6 Å². The van der Waals surface area contributed by atoms with E-state index >= 15 is 0 Å². The van der Waals surface area contributed by atoms with Crippen LogP contribution in [0.25, 0.3) is 11.5 Å². The van der Waals surface area contributed by atoms with Crippen LogP contribution >= 0.6 is 0 Å². The third-order valence-electron chi connectivity index (χ3n) is 2.95. The summed E-state index contributed by atoms with van der Waals surface area (Å²) in [5, 5.41) is 11.3. The molecule has 0 aliphatic heterocycles. The van der Waals surface area contributed by atoms with Crippen LogP contribution in [0.5, 0.6) is 0 Å². The number of aromatic nitrogens is 1. The van der Waals surface area contributed by atoms with Gasteiger partial charge in [-0.1, -0.05) is 0 Å². The highest BCUT2D eigenvalue weighted by Crippen LogP contribution is 2.19. The van der Waals surface area contributed by atoms with E-state index in [-0.39, 0.29) is 24.7 Å². The Morgan fingerprint density at radius 3 is 2.70 bits per heavy atom. The summed E-state index contributed by atoms with van der Waals surface area (Å²) in [5.41, 5.74) is 0.907. The standard InChI is InChI=1S/C15H15FN2O5/c1-22-8-12(15(20)21)18-13(19)6-11-7-23-14(17-11)9-2-4-10(16)5-3-9/h2-5,7,12H,6,8H2,1H3,(H,18,19)(H,20,21). The summed E-state index contributed by atoms with van der Waals surface area (Å²) >= 11 is 0. The fourth-order valence-corrected chi connectivity index (χ4v) is 1.86. The van der Waals surface area contributed by atoms with Crippen molar-refractivity contribution in [2.24, 2.45) is 0 Å². The molecule has 0 aliphatic carbocycles. The van der Waals surface area contributed by atoms with E-state index in [0.29, 0.717) is 11.3 Å². The van der Waals surface area contributed by atoms with Crippen molar-refractivity contribution in [1.29, 1.82) is 0 Å². The summed E-state index contributed by atoms with van der Waals surface area (Å²) < 4.78 is 22.8. The van der Waals surface area contributed by atoms with Gasteiger partial charge in [0.2, 0.25) is 11.8 Å². The maximum absolute atomic E-state index is 12.9. The maximum atomic E-state index is 12.9. The molecule has 23 heavy (non-hydrogen) atoms. The van der Waals surface area contributed by atoms with E-state index < -0.39 is 17.9 Å². The van der Waals surface area contributed by atoms with E-state index in [1.54, 1.807) is 0 Å². The average molecular weight is 322 g/mol. The van der Waals surface area contributed by atoms with Gasteiger partial charge in [0.05, 0.1) is 18.7 Å². The molecule has 0 aliphatic rings. The minimum Gasteiger partial charge on any atom is -0.480 e. The molecular formula is C15H15FN2O5. The summed E-state index contributed by atoms with van der Waals surface area (Å²) in [6.07, 6.45) is 1.16. The molecule has 0 bridgehead atoms. The van der Waals surface area contributed by atoms with Gasteiger partial charge in [0, 0.05) is 12.7 Å². The lowest BCUT2D eigenvalue weighted by molar-refractivity contribution is -0.143. The molecule has 7 nitrogen and oxygen atoms in total. The summed E-state index contributed by atoms with van der Waals surface area (Å²) in [7, 11) is 1.34. The molecule has 8 heteroatoms. The maximum Gasteiger partial charge on any atom is 0.328 e. The van der Waals surface area contributed by atoms with Crippen molar-refractivity contribution in [3.63, 3.8) is 0 Å². The minimum absolute atomic E-state index is 0.138. The monoisotopic (exact) mass is 322 g/mol. The van der Waals surface area contributed by atoms with Gasteiger partial charge < -0.3 is 19.6 Å². The minimum atomic E-state index is -1.19. The highest BCUT2D eigenvalue weighted by Gasteiger charge is 2.20. The summed E-state index contributed by atoms with van der Waals surface area (Å²) in [5.74, 6) is -1.84. The number of oxazole rings is 1. The van der Waals surface area contributed by atoms with Gasteiger partial charge in [-0.05, 0) is 24.3 Å². The van der Waals surface area contributed by atoms with Crippen molar-refractivity contribution < 1.29 is 28.2 Å². The predicted molar refractivity (Wildman–Crippen MR) is 77.0 cm³/mol. The molecule has 1 aromatic carbocycles. The third-order valence-corrected chi connectivity index (χ3v) is 2.95. The molecule has 2 rings (SSSR count). The number of carboxylic acids is 1. The largest absolute Gasteiger partial charge is 0.480 e. The van der Waals surface area contributed by atoms with E-state index in [9.17, 15) is 14.0 Å². The summed E-state index contributed by atoms with van der Waals surface area (Å²) in [6.45, 7) is -0.138. The Kier molecular flexibility index (Phi) is 5.42. The molecule has 0 fully saturated rings. The number of hydrogen-bond donors (Lipinski definition) is 2. The van der Waals surface area contributed by atoms with Crippen LogP contribution in [-0.2, 0) is 20.7 Å². The van der Waals surface area contributed by atoms with Crippen LogP contribution < -0.4 is 5.32 Å². The third kappa shape index (κ3) is 4.62. The zero-order valence-corrected chi connectivity index (χ0v) is 12.3. The van der Waals surface area contributed by atoms with Gasteiger partial charge in [0.15, 0.2) is 6.04 Å². The quantitative estimate of drug-likeness (QED) is 0.795. The summed E-state index contributed by atoms with van der Waals surface area (Å²) in [6, 6.07) is 4.42. The van der Waals surface area contributed by atoms with Crippen LogP contribution in [0, 0.1) is 5.82 Å². The molecule has 2 N–H and O–H groups in total. The number of nitrogens with one attached hydrogen (secondary N) is 1. The molecule has 2 aromatic rings. The van der Waals surface area contributed by atoms with E-state index in [2.05, 4.69) is 10.3 Å². The number of carboxylic acid groups (broad SMARTS) is 1. The Morgan fingerprint density at radius 1 is 1.39 bits per heavy atom. The number of nitrogens with zero attached hydrogens (tertiary/aromatic N) is 1. The topological polar surface area (TPSA) is 102 Å². The first-order valence-electron chi connectivity index (χ1n) is 6.71. The number of benzene rings is 1. The highest BCUT2D eigenvalue weighted by atomic mass is 19.1. The Hall–Kier alpha value is -2.74. The van der Waals surface area contributed by atoms with Crippen LogP contribution in [0.1, 0.15) is 5.69 Å². The number of ether oxygens (including phenoxy) is 1. The molecule has 0 saturated carbocycles. The fraction of sp³-hybridized carbons (Fsp3) is 0.267. The first kappa shape index (κ1) is 16.6. The van der Waals surface area contributed by atoms with Crippen molar-refractivity contribution in [3.8, 4) is 11.5 Å². The second kappa shape index (κ2) is 7.50. The second-order valence-corrected chi connectivity index (χ2v) is 4.74. The Bertz CT molecular complexity index is 683. The van der Waals surface area contributed by atoms with Gasteiger partial charge in [-0.3, -0.25) is 4.79 Å². The molecule has 0 radical (unpaired) electrons. The lowest BCUT2D eigenvalue weighted by atomic mass is 10.2. The molecule has 1 unspecified atom stereocenters. The van der Waals surface area contributed by atoms with Gasteiger partial charge in [-0.25, -0.2) is 14.2 Å². The smallest absolute Gasteiger partial charge is 0.328 e. The molecule has 1 atom stereocenters. The SMILES string of the molecule is COCC(NC(=O)Cc1coc(-c2ccc(F)cc2)n1)C(=O)O. The normalized spacial score (nSPS) is 11.9. The molecule has 1 heterocycles. The molecule has 122 valence electrons. The van der Waals surface area contributed by atoms with Crippen molar-refractivity contribution in [2.75, 3.05) is 13.7 Å². The van der Waals surface area contributed by atoms with Crippen LogP contribution in [-0.4, -0.2) is 41.7 Å². The van der Waals surface area contributed by atoms with Crippen molar-refractivity contribution >= 4 is 11.9 Å². The van der Waals surface area contributed by atoms with Crippen molar-refractivity contribution in [1.82, 2.24) is 10.3 Å². The van der Waals surface area contributed by atoms with Gasteiger partial charge in [0.1, 0.15) is 12.1 Å². The number of methoxy groups -OCH3 is 1. The van der Waals surface area contributed by atoms with Crippen LogP contribution in [0.3, 0.4) is 0 Å². The second-order valence-electron chi connectivity index (χ2n) is 4.74. The van der Waals surface area contributed by atoms with Crippen LogP contribution in [0.2, 0.25) is 0 Å². The van der Waals surface area contributed by atoms with Crippen LogP contribution in [0.4, 0.5) is 4.39 Å². The predicted octanol–water partition coefficient (Wildman–Crippen LogP) is 1.24. The Labute approximate surface area is 131 Å². The van der Waals surface area contributed by atoms with Crippen molar-refractivity contribution in [3.05, 3.63) is 42.0 Å². The van der Waals surface area contributed by atoms with Gasteiger partial charge in [0.25, 0.3) is 0 Å². The number of amides is 1. The number of rotatable bonds is 7. The first-order chi connectivity index (χ1) is 11.0. The zero-order valence-electron chi connectivity index (χ0n) is 12.3. The Morgan fingerprint density at radius 2 is 2.09 bits per heavy atom. The summed E-state index contributed by atoms with van der Waals surface area (Å²) in [4.78, 5) is 26.9. The number of carbonyl (C=O) groups excluding carboxylic acids is 1. The van der Waals surface area contributed by atoms with E-state index in [0.717, 1.165) is 0 Å². The van der Waals surface area contributed by atoms with E-state index in [4.69, 9.17) is 14.3 Å². The lowest BCUT2D eigenvalue weighted by Gasteiger charge is -2.12. The zero-order chi connectivity index (χ0) is 16.8. The lowest BCUT2D eigenvalue weighted by Crippen LogP contribution is -2.44. The molecule has 0 saturated heterocycles. The number of carbonyl (C=O) groups is 2. The van der Waals surface area contributed by atoms with E-state index in [1.807, 2.05) is 0 Å². The number of hydrogen-bond acceptors (Lipinski definition) is 5. The number of aliphatic carboxylic acids is 1. The van der Waals surface area contributed by atoms with Gasteiger partial charge >= 0.3 is 5.97 Å². The first-order valence-corrected chi connectivity index (χ1v) is 6.71. The number of halogens is 1.